The van der Waals surface area contributed by atoms with Crippen LogP contribution in [0.1, 0.15) is 12.0 Å². The molecule has 1 heterocycles. The van der Waals surface area contributed by atoms with Crippen LogP contribution >= 0.6 is 15.9 Å². The van der Waals surface area contributed by atoms with E-state index in [0.717, 1.165) is 0 Å². The fourth-order valence-corrected chi connectivity index (χ4v) is 2.32. The lowest BCUT2D eigenvalue weighted by Crippen LogP contribution is -2.23. The topological polar surface area (TPSA) is 23.5 Å². The molecule has 2 nitrogen and oxygen atoms in total. The molecule has 0 radical (unpaired) electrons. The highest BCUT2D eigenvalue weighted by atomic mass is 79.9. The van der Waals surface area contributed by atoms with E-state index in [-0.39, 0.29) is 13.1 Å². The van der Waals surface area contributed by atoms with Crippen molar-refractivity contribution in [3.8, 4) is 0 Å². The molecule has 2 rings (SSSR count). The molecule has 18 heavy (non-hydrogen) atoms. The Labute approximate surface area is 109 Å². The summed E-state index contributed by atoms with van der Waals surface area (Å²) in [6.45, 7) is 0.396. The number of aliphatic hydroxyl groups excluding tert-OH is 1. The van der Waals surface area contributed by atoms with Crippen molar-refractivity contribution in [3.63, 3.8) is 0 Å². The second-order valence-electron chi connectivity index (χ2n) is 4.23. The monoisotopic (exact) mass is 327 g/mol. The molecule has 1 aliphatic rings. The highest BCUT2D eigenvalue weighted by molar-refractivity contribution is 9.10. The van der Waals surface area contributed by atoms with Gasteiger partial charge in [0.25, 0.3) is 0 Å². The summed E-state index contributed by atoms with van der Waals surface area (Å²) in [5, 5.41) is 9.28. The Morgan fingerprint density at radius 1 is 1.11 bits per heavy atom. The van der Waals surface area contributed by atoms with Crippen molar-refractivity contribution >= 4 is 15.9 Å². The van der Waals surface area contributed by atoms with Gasteiger partial charge >= 0.3 is 0 Å². The molecular formula is C11H10BrF4NO. The summed E-state index contributed by atoms with van der Waals surface area (Å²) in [6, 6.07) is 0. The van der Waals surface area contributed by atoms with Crippen molar-refractivity contribution in [1.82, 2.24) is 4.90 Å². The van der Waals surface area contributed by atoms with Crippen molar-refractivity contribution in [2.75, 3.05) is 13.1 Å². The lowest BCUT2D eigenvalue weighted by atomic mass is 10.1. The van der Waals surface area contributed by atoms with E-state index in [1.165, 1.54) is 0 Å². The minimum Gasteiger partial charge on any atom is -0.392 e. The van der Waals surface area contributed by atoms with Crippen LogP contribution in [0.15, 0.2) is 4.47 Å². The van der Waals surface area contributed by atoms with Gasteiger partial charge in [-0.15, -0.1) is 0 Å². The predicted octanol–water partition coefficient (Wildman–Crippen LogP) is 2.57. The van der Waals surface area contributed by atoms with Crippen LogP contribution in [0.4, 0.5) is 17.6 Å². The van der Waals surface area contributed by atoms with Crippen molar-refractivity contribution in [3.05, 3.63) is 33.3 Å². The quantitative estimate of drug-likeness (QED) is 0.512. The summed E-state index contributed by atoms with van der Waals surface area (Å²) in [6.07, 6.45) is -0.0914. The Kier molecular flexibility index (Phi) is 3.93. The van der Waals surface area contributed by atoms with E-state index in [2.05, 4.69) is 15.9 Å². The first-order chi connectivity index (χ1) is 8.41. The van der Waals surface area contributed by atoms with Gasteiger partial charge in [0, 0.05) is 25.2 Å². The Hall–Kier alpha value is -0.660. The molecule has 1 fully saturated rings. The predicted molar refractivity (Wildman–Crippen MR) is 59.9 cm³/mol. The van der Waals surface area contributed by atoms with Gasteiger partial charge in [0.2, 0.25) is 0 Å². The van der Waals surface area contributed by atoms with Gasteiger partial charge in [0.05, 0.1) is 10.6 Å². The largest absolute Gasteiger partial charge is 0.392 e. The van der Waals surface area contributed by atoms with Crippen molar-refractivity contribution < 1.29 is 22.7 Å². The van der Waals surface area contributed by atoms with Gasteiger partial charge < -0.3 is 5.11 Å². The summed E-state index contributed by atoms with van der Waals surface area (Å²) >= 11 is 2.45. The molecule has 1 atom stereocenters. The fraction of sp³-hybridized carbons (Fsp3) is 0.455. The first-order valence-electron chi connectivity index (χ1n) is 5.32. The van der Waals surface area contributed by atoms with Gasteiger partial charge in [-0.2, -0.15) is 0 Å². The zero-order valence-corrected chi connectivity index (χ0v) is 10.8. The number of benzene rings is 1. The number of nitrogens with zero attached hydrogens (tertiary/aromatic N) is 1. The van der Waals surface area contributed by atoms with E-state index < -0.39 is 39.4 Å². The average molecular weight is 328 g/mol. The average Bonchev–Trinajstić information content (AvgIpc) is 2.75. The highest BCUT2D eigenvalue weighted by Crippen LogP contribution is 2.29. The Morgan fingerprint density at radius 2 is 1.67 bits per heavy atom. The third kappa shape index (κ3) is 2.39. The minimum atomic E-state index is -1.44. The van der Waals surface area contributed by atoms with Crippen LogP contribution in [0, 0.1) is 23.3 Å². The molecule has 0 saturated carbocycles. The SMILES string of the molecule is OC1CCN(Cc2c(F)c(F)c(Br)c(F)c2F)C1. The second kappa shape index (κ2) is 5.14. The van der Waals surface area contributed by atoms with Crippen LogP contribution < -0.4 is 0 Å². The molecule has 1 saturated heterocycles. The van der Waals surface area contributed by atoms with Gasteiger partial charge in [0.1, 0.15) is 0 Å². The van der Waals surface area contributed by atoms with Crippen LogP contribution in [0.5, 0.6) is 0 Å². The summed E-state index contributed by atoms with van der Waals surface area (Å²) in [5.74, 6) is -5.68. The molecule has 1 unspecified atom stereocenters. The maximum atomic E-state index is 13.6. The summed E-state index contributed by atoms with van der Waals surface area (Å²) in [5.41, 5.74) is -0.651. The number of hydrogen-bond acceptors (Lipinski definition) is 2. The van der Waals surface area contributed by atoms with Gasteiger partial charge in [-0.1, -0.05) is 0 Å². The van der Waals surface area contributed by atoms with Crippen LogP contribution in [0.2, 0.25) is 0 Å². The lowest BCUT2D eigenvalue weighted by Gasteiger charge is -2.17. The standard InChI is InChI=1S/C11H10BrF4NO/c12-7-10(15)8(13)6(9(14)11(7)16)4-17-2-1-5(18)3-17/h5,18H,1-4H2. The zero-order valence-electron chi connectivity index (χ0n) is 9.19. The van der Waals surface area contributed by atoms with Gasteiger partial charge in [-0.05, 0) is 22.4 Å². The second-order valence-corrected chi connectivity index (χ2v) is 5.02. The normalized spacial score (nSPS) is 20.7. The minimum absolute atomic E-state index is 0.234. The maximum absolute atomic E-state index is 13.6. The fourth-order valence-electron chi connectivity index (χ4n) is 1.97. The number of hydrogen-bond donors (Lipinski definition) is 1. The van der Waals surface area contributed by atoms with E-state index in [4.69, 9.17) is 0 Å². The first-order valence-corrected chi connectivity index (χ1v) is 6.11. The molecule has 1 aliphatic heterocycles. The molecule has 100 valence electrons. The lowest BCUT2D eigenvalue weighted by molar-refractivity contribution is 0.173. The Morgan fingerprint density at radius 3 is 2.11 bits per heavy atom. The molecule has 0 bridgehead atoms. The van der Waals surface area contributed by atoms with E-state index >= 15 is 0 Å². The Balaban J connectivity index is 2.33. The molecule has 7 heteroatoms. The number of halogens is 5. The highest BCUT2D eigenvalue weighted by Gasteiger charge is 2.27. The van der Waals surface area contributed by atoms with Crippen molar-refractivity contribution in [2.24, 2.45) is 0 Å². The first kappa shape index (κ1) is 13.8. The number of β-amino-alcohol motifs (C(OH)–C–C–N with tert-alkyl or cyclic N) is 1. The molecule has 0 spiro atoms. The van der Waals surface area contributed by atoms with Crippen LogP contribution in [0.3, 0.4) is 0 Å². The number of likely N-dealkylation sites (tertiary alicyclic amines) is 1. The molecule has 0 aliphatic carbocycles. The van der Waals surface area contributed by atoms with E-state index in [1.54, 1.807) is 4.90 Å². The molecule has 0 aromatic heterocycles. The summed E-state index contributed by atoms with van der Waals surface area (Å²) in [7, 11) is 0. The third-order valence-corrected chi connectivity index (χ3v) is 3.63. The molecule has 1 aromatic rings. The number of aliphatic hydroxyl groups is 1. The van der Waals surface area contributed by atoms with E-state index in [1.807, 2.05) is 0 Å². The van der Waals surface area contributed by atoms with Gasteiger partial charge in [0.15, 0.2) is 23.3 Å². The van der Waals surface area contributed by atoms with Crippen LogP contribution in [-0.4, -0.2) is 29.2 Å². The molecular weight excluding hydrogens is 318 g/mol. The Bertz CT molecular complexity index is 454. The molecule has 1 aromatic carbocycles. The summed E-state index contributed by atoms with van der Waals surface area (Å²) in [4.78, 5) is 1.54. The van der Waals surface area contributed by atoms with Crippen LogP contribution in [-0.2, 0) is 6.54 Å². The van der Waals surface area contributed by atoms with Crippen LogP contribution in [0.25, 0.3) is 0 Å². The number of rotatable bonds is 2. The smallest absolute Gasteiger partial charge is 0.176 e. The van der Waals surface area contributed by atoms with Gasteiger partial charge in [-0.25, -0.2) is 17.6 Å². The van der Waals surface area contributed by atoms with Crippen molar-refractivity contribution in [2.45, 2.75) is 19.1 Å². The zero-order chi connectivity index (χ0) is 13.4. The third-order valence-electron chi connectivity index (χ3n) is 2.93. The summed E-state index contributed by atoms with van der Waals surface area (Å²) < 4.78 is 52.8. The van der Waals surface area contributed by atoms with E-state index in [9.17, 15) is 22.7 Å². The molecule has 1 N–H and O–H groups in total. The van der Waals surface area contributed by atoms with Gasteiger partial charge in [-0.3, -0.25) is 4.90 Å². The molecule has 0 amide bonds. The maximum Gasteiger partial charge on any atom is 0.176 e. The van der Waals surface area contributed by atoms with Crippen molar-refractivity contribution in [1.29, 1.82) is 0 Å². The van der Waals surface area contributed by atoms with E-state index in [0.29, 0.717) is 13.0 Å².